The summed E-state index contributed by atoms with van der Waals surface area (Å²) in [6.07, 6.45) is 1.03. The molecule has 5 nitrogen and oxygen atoms in total. The normalized spacial score (nSPS) is 10.6. The van der Waals surface area contributed by atoms with E-state index in [0.717, 1.165) is 30.8 Å². The Morgan fingerprint density at radius 2 is 2.11 bits per heavy atom. The van der Waals surface area contributed by atoms with Gasteiger partial charge in [0.05, 0.1) is 12.7 Å². The zero-order valence-electron chi connectivity index (χ0n) is 12.1. The second-order valence-electron chi connectivity index (χ2n) is 4.83. The van der Waals surface area contributed by atoms with Crippen LogP contribution in [0, 0.1) is 6.92 Å². The molecule has 0 aromatic heterocycles. The fourth-order valence-corrected chi connectivity index (χ4v) is 1.81. The molecule has 0 aliphatic rings. The van der Waals surface area contributed by atoms with Crippen molar-refractivity contribution in [2.24, 2.45) is 0 Å². The molecule has 0 saturated carbocycles. The minimum atomic E-state index is -0.405. The highest BCUT2D eigenvalue weighted by molar-refractivity contribution is 5.97. The lowest BCUT2D eigenvalue weighted by Crippen LogP contribution is -2.16. The summed E-state index contributed by atoms with van der Waals surface area (Å²) in [5.74, 6) is -0.405. The van der Waals surface area contributed by atoms with Gasteiger partial charge in [0, 0.05) is 17.9 Å². The number of aryl methyl sites for hydroxylation is 1. The van der Waals surface area contributed by atoms with E-state index in [0.29, 0.717) is 11.3 Å². The van der Waals surface area contributed by atoms with Gasteiger partial charge in [0.2, 0.25) is 0 Å². The van der Waals surface area contributed by atoms with Crippen LogP contribution in [0.1, 0.15) is 22.3 Å². The number of ether oxygens (including phenoxy) is 1. The number of nitrogens with two attached hydrogens (primary N) is 1. The lowest BCUT2D eigenvalue weighted by atomic mass is 10.1. The molecule has 1 aromatic carbocycles. The Balaban J connectivity index is 2.74. The number of carbonyl (C=O) groups excluding carboxylic acids is 1. The third-order valence-electron chi connectivity index (χ3n) is 2.90. The van der Waals surface area contributed by atoms with Crippen molar-refractivity contribution in [3.63, 3.8) is 0 Å². The Kier molecular flexibility index (Phi) is 5.63. The molecule has 5 heteroatoms. The van der Waals surface area contributed by atoms with Crippen LogP contribution in [-0.4, -0.2) is 45.2 Å². The van der Waals surface area contributed by atoms with Crippen LogP contribution < -0.4 is 11.1 Å². The predicted molar refractivity (Wildman–Crippen MR) is 78.6 cm³/mol. The van der Waals surface area contributed by atoms with Gasteiger partial charge < -0.3 is 20.7 Å². The number of hydrogen-bond acceptors (Lipinski definition) is 5. The summed E-state index contributed by atoms with van der Waals surface area (Å²) in [7, 11) is 5.44. The molecule has 19 heavy (non-hydrogen) atoms. The fourth-order valence-electron chi connectivity index (χ4n) is 1.81. The second-order valence-corrected chi connectivity index (χ2v) is 4.83. The summed E-state index contributed by atoms with van der Waals surface area (Å²) < 4.78 is 4.73. The topological polar surface area (TPSA) is 67.6 Å². The molecule has 0 radical (unpaired) electrons. The highest BCUT2D eigenvalue weighted by Crippen LogP contribution is 2.23. The number of esters is 1. The number of methoxy groups -OCH3 is 1. The summed E-state index contributed by atoms with van der Waals surface area (Å²) in [6.45, 7) is 3.75. The van der Waals surface area contributed by atoms with E-state index >= 15 is 0 Å². The average molecular weight is 265 g/mol. The van der Waals surface area contributed by atoms with E-state index in [-0.39, 0.29) is 0 Å². The van der Waals surface area contributed by atoms with Crippen molar-refractivity contribution in [2.75, 3.05) is 45.3 Å². The zero-order valence-corrected chi connectivity index (χ0v) is 12.1. The highest BCUT2D eigenvalue weighted by Gasteiger charge is 2.13. The Labute approximate surface area is 114 Å². The summed E-state index contributed by atoms with van der Waals surface area (Å²) in [4.78, 5) is 13.8. The van der Waals surface area contributed by atoms with Gasteiger partial charge >= 0.3 is 5.97 Å². The van der Waals surface area contributed by atoms with Gasteiger partial charge in [-0.3, -0.25) is 0 Å². The molecule has 0 saturated heterocycles. The van der Waals surface area contributed by atoms with E-state index in [1.54, 1.807) is 6.07 Å². The average Bonchev–Trinajstić information content (AvgIpc) is 2.37. The lowest BCUT2D eigenvalue weighted by molar-refractivity contribution is 0.0602. The summed E-state index contributed by atoms with van der Waals surface area (Å²) in [5, 5.41) is 3.30. The molecule has 0 atom stereocenters. The quantitative estimate of drug-likeness (QED) is 0.466. The van der Waals surface area contributed by atoms with E-state index in [4.69, 9.17) is 10.5 Å². The van der Waals surface area contributed by atoms with Gasteiger partial charge in [-0.1, -0.05) is 0 Å². The summed E-state index contributed by atoms with van der Waals surface area (Å²) in [5.41, 5.74) is 8.55. The maximum atomic E-state index is 11.6. The van der Waals surface area contributed by atoms with Crippen molar-refractivity contribution >= 4 is 17.3 Å². The van der Waals surface area contributed by atoms with Crippen LogP contribution >= 0.6 is 0 Å². The predicted octanol–water partition coefficient (Wildman–Crippen LogP) is 1.73. The molecule has 0 bridgehead atoms. The number of nitrogen functional groups attached to an aromatic ring is 1. The van der Waals surface area contributed by atoms with Gasteiger partial charge in [0.25, 0.3) is 0 Å². The molecule has 0 heterocycles. The smallest absolute Gasteiger partial charge is 0.340 e. The SMILES string of the molecule is COC(=O)c1cc(NCCCN(C)C)cc(C)c1N. The molecular formula is C14H23N3O2. The van der Waals surface area contributed by atoms with Crippen molar-refractivity contribution < 1.29 is 9.53 Å². The molecule has 0 unspecified atom stereocenters. The maximum Gasteiger partial charge on any atom is 0.340 e. The van der Waals surface area contributed by atoms with Crippen molar-refractivity contribution in [2.45, 2.75) is 13.3 Å². The molecule has 106 valence electrons. The molecule has 1 aromatic rings. The van der Waals surface area contributed by atoms with E-state index in [2.05, 4.69) is 10.2 Å². The molecule has 3 N–H and O–H groups in total. The molecule has 0 amide bonds. The summed E-state index contributed by atoms with van der Waals surface area (Å²) in [6, 6.07) is 3.68. The number of hydrogen-bond donors (Lipinski definition) is 2. The summed E-state index contributed by atoms with van der Waals surface area (Å²) >= 11 is 0. The molecule has 0 aliphatic carbocycles. The van der Waals surface area contributed by atoms with Crippen LogP contribution in [0.2, 0.25) is 0 Å². The van der Waals surface area contributed by atoms with E-state index in [9.17, 15) is 4.79 Å². The van der Waals surface area contributed by atoms with Gasteiger partial charge in [-0.05, 0) is 51.7 Å². The number of nitrogens with one attached hydrogen (secondary N) is 1. The Morgan fingerprint density at radius 3 is 2.68 bits per heavy atom. The minimum absolute atomic E-state index is 0.405. The van der Waals surface area contributed by atoms with Gasteiger partial charge in [0.15, 0.2) is 0 Å². The zero-order chi connectivity index (χ0) is 14.4. The van der Waals surface area contributed by atoms with Crippen LogP contribution in [0.3, 0.4) is 0 Å². The fraction of sp³-hybridized carbons (Fsp3) is 0.500. The third-order valence-corrected chi connectivity index (χ3v) is 2.90. The van der Waals surface area contributed by atoms with Crippen molar-refractivity contribution in [3.8, 4) is 0 Å². The van der Waals surface area contributed by atoms with E-state index in [1.165, 1.54) is 7.11 Å². The number of nitrogens with zero attached hydrogens (tertiary/aromatic N) is 1. The van der Waals surface area contributed by atoms with Gasteiger partial charge in [-0.2, -0.15) is 0 Å². The minimum Gasteiger partial charge on any atom is -0.465 e. The molecule has 0 aliphatic heterocycles. The number of anilines is 2. The first kappa shape index (κ1) is 15.3. The van der Waals surface area contributed by atoms with E-state index < -0.39 is 5.97 Å². The van der Waals surface area contributed by atoms with E-state index in [1.807, 2.05) is 27.1 Å². The Morgan fingerprint density at radius 1 is 1.42 bits per heavy atom. The first-order valence-electron chi connectivity index (χ1n) is 6.32. The van der Waals surface area contributed by atoms with Crippen LogP contribution in [0.25, 0.3) is 0 Å². The maximum absolute atomic E-state index is 11.6. The monoisotopic (exact) mass is 265 g/mol. The van der Waals surface area contributed by atoms with Gasteiger partial charge in [-0.15, -0.1) is 0 Å². The van der Waals surface area contributed by atoms with Crippen LogP contribution in [0.5, 0.6) is 0 Å². The number of rotatable bonds is 6. The van der Waals surface area contributed by atoms with Crippen molar-refractivity contribution in [1.29, 1.82) is 0 Å². The molecule has 1 rings (SSSR count). The Hall–Kier alpha value is -1.75. The van der Waals surface area contributed by atoms with Crippen LogP contribution in [-0.2, 0) is 4.74 Å². The largest absolute Gasteiger partial charge is 0.465 e. The molecule has 0 fully saturated rings. The van der Waals surface area contributed by atoms with Crippen LogP contribution in [0.4, 0.5) is 11.4 Å². The second kappa shape index (κ2) is 6.99. The third kappa shape index (κ3) is 4.44. The first-order chi connectivity index (χ1) is 8.95. The highest BCUT2D eigenvalue weighted by atomic mass is 16.5. The number of benzene rings is 1. The van der Waals surface area contributed by atoms with Crippen LogP contribution in [0.15, 0.2) is 12.1 Å². The molecule has 0 spiro atoms. The van der Waals surface area contributed by atoms with Crippen molar-refractivity contribution in [3.05, 3.63) is 23.3 Å². The Bertz CT molecular complexity index is 445. The standard InChI is InChI=1S/C14H23N3O2/c1-10-8-11(16-6-5-7-17(2)3)9-12(13(10)15)14(18)19-4/h8-9,16H,5-7,15H2,1-4H3. The van der Waals surface area contributed by atoms with Gasteiger partial charge in [-0.25, -0.2) is 4.79 Å². The number of carbonyl (C=O) groups is 1. The van der Waals surface area contributed by atoms with Gasteiger partial charge in [0.1, 0.15) is 0 Å². The first-order valence-corrected chi connectivity index (χ1v) is 6.32. The molecular weight excluding hydrogens is 242 g/mol. The van der Waals surface area contributed by atoms with Crippen molar-refractivity contribution in [1.82, 2.24) is 4.90 Å². The lowest BCUT2D eigenvalue weighted by Gasteiger charge is -2.13.